The van der Waals surface area contributed by atoms with Gasteiger partial charge in [0.05, 0.1) is 11.4 Å². The molecule has 0 saturated heterocycles. The third-order valence-electron chi connectivity index (χ3n) is 10.5. The molecule has 4 heteroatoms. The normalized spacial score (nSPS) is 14.7. The van der Waals surface area contributed by atoms with Gasteiger partial charge < -0.3 is 4.90 Å². The Kier molecular flexibility index (Phi) is 6.56. The third kappa shape index (κ3) is 4.51. The molecule has 3 aliphatic rings. The summed E-state index contributed by atoms with van der Waals surface area (Å²) in [7, 11) is 0. The van der Waals surface area contributed by atoms with E-state index in [-0.39, 0.29) is 5.41 Å². The molecule has 0 saturated carbocycles. The Morgan fingerprint density at radius 1 is 0.449 bits per heavy atom. The lowest BCUT2D eigenvalue weighted by atomic mass is 9.72. The highest BCUT2D eigenvalue weighted by atomic mass is 32.2. The molecule has 0 unspecified atom stereocenters. The van der Waals surface area contributed by atoms with Crippen LogP contribution in [-0.4, -0.2) is 5.27 Å². The molecular formula is C45H32BNS2. The number of rotatable bonds is 3. The standard InChI is InChI=1S/C45H32BNS2/c1-45(2)38-19-8-9-20-40(38)47(41-24-23-32(26-39(41)45)31-16-12-15-30(25-31)29-13-4-3-5-14-29)33-27-36-34-17-6-10-21-42(34)48-46-44(36)37(28-33)35-18-7-11-22-43(35)49-46/h3-28H,1-2H3. The van der Waals surface area contributed by atoms with E-state index in [0.717, 1.165) is 0 Å². The van der Waals surface area contributed by atoms with Crippen molar-refractivity contribution in [3.05, 3.63) is 169 Å². The van der Waals surface area contributed by atoms with E-state index < -0.39 is 0 Å². The van der Waals surface area contributed by atoms with Gasteiger partial charge in [-0.25, -0.2) is 0 Å². The lowest BCUT2D eigenvalue weighted by Gasteiger charge is -2.43. The van der Waals surface area contributed by atoms with E-state index in [1.807, 2.05) is 23.2 Å². The fourth-order valence-electron chi connectivity index (χ4n) is 8.09. The smallest absolute Gasteiger partial charge is 0.310 e. The van der Waals surface area contributed by atoms with Gasteiger partial charge in [-0.3, -0.25) is 0 Å². The lowest BCUT2D eigenvalue weighted by molar-refractivity contribution is 0.632. The van der Waals surface area contributed by atoms with Crippen LogP contribution in [0.25, 0.3) is 44.5 Å². The molecule has 0 bridgehead atoms. The third-order valence-corrected chi connectivity index (χ3v) is 13.2. The summed E-state index contributed by atoms with van der Waals surface area (Å²) in [5.74, 6) is 0. The van der Waals surface area contributed by atoms with Gasteiger partial charge in [-0.05, 0) is 110 Å². The van der Waals surface area contributed by atoms with Gasteiger partial charge in [0, 0.05) is 20.9 Å². The highest BCUT2D eigenvalue weighted by molar-refractivity contribution is 8.56. The molecule has 0 amide bonds. The number of nitrogens with zero attached hydrogens (tertiary/aromatic N) is 1. The average Bonchev–Trinajstić information content (AvgIpc) is 3.15. The zero-order chi connectivity index (χ0) is 32.7. The van der Waals surface area contributed by atoms with Gasteiger partial charge in [0.25, 0.3) is 0 Å². The molecular weight excluding hydrogens is 629 g/mol. The molecule has 0 spiro atoms. The number of fused-ring (bicyclic) bond motifs is 6. The Bertz CT molecular complexity index is 2380. The second-order valence-corrected chi connectivity index (χ2v) is 16.3. The van der Waals surface area contributed by atoms with E-state index in [0.29, 0.717) is 5.27 Å². The fraction of sp³-hybridized carbons (Fsp3) is 0.0667. The lowest BCUT2D eigenvalue weighted by Crippen LogP contribution is -2.35. The summed E-state index contributed by atoms with van der Waals surface area (Å²) in [5.41, 5.74) is 18.0. The van der Waals surface area contributed by atoms with Gasteiger partial charge in [-0.2, -0.15) is 23.2 Å². The molecule has 0 aliphatic carbocycles. The number of hydrogen-bond acceptors (Lipinski definition) is 3. The second-order valence-electron chi connectivity index (χ2n) is 13.7. The van der Waals surface area contributed by atoms with Crippen LogP contribution >= 0.6 is 23.2 Å². The van der Waals surface area contributed by atoms with E-state index in [1.165, 1.54) is 88.0 Å². The fourth-order valence-corrected chi connectivity index (χ4v) is 11.0. The predicted molar refractivity (Wildman–Crippen MR) is 212 cm³/mol. The van der Waals surface area contributed by atoms with Crippen molar-refractivity contribution >= 4 is 51.0 Å². The largest absolute Gasteiger partial charge is 0.318 e. The summed E-state index contributed by atoms with van der Waals surface area (Å²) in [6.07, 6.45) is 0. The molecule has 49 heavy (non-hydrogen) atoms. The summed E-state index contributed by atoms with van der Waals surface area (Å²) < 4.78 is 0. The van der Waals surface area contributed by atoms with E-state index in [9.17, 15) is 0 Å². The molecule has 3 heterocycles. The Morgan fingerprint density at radius 2 is 1.00 bits per heavy atom. The van der Waals surface area contributed by atoms with Crippen LogP contribution < -0.4 is 10.4 Å². The molecule has 0 N–H and O–H groups in total. The van der Waals surface area contributed by atoms with Crippen LogP contribution in [0.15, 0.2) is 168 Å². The minimum atomic E-state index is -0.185. The molecule has 7 aromatic carbocycles. The quantitative estimate of drug-likeness (QED) is 0.174. The number of anilines is 3. The van der Waals surface area contributed by atoms with Crippen molar-refractivity contribution in [1.82, 2.24) is 0 Å². The Balaban J connectivity index is 1.20. The minimum absolute atomic E-state index is 0.185. The summed E-state index contributed by atoms with van der Waals surface area (Å²) in [5, 5.41) is 0.331. The molecule has 0 fully saturated rings. The van der Waals surface area contributed by atoms with Crippen molar-refractivity contribution in [3.63, 3.8) is 0 Å². The second kappa shape index (κ2) is 11.1. The minimum Gasteiger partial charge on any atom is -0.310 e. The first-order valence-corrected chi connectivity index (χ1v) is 18.7. The van der Waals surface area contributed by atoms with Gasteiger partial charge >= 0.3 is 5.27 Å². The zero-order valence-corrected chi connectivity index (χ0v) is 29.0. The highest BCUT2D eigenvalue weighted by Gasteiger charge is 2.40. The van der Waals surface area contributed by atoms with Crippen molar-refractivity contribution in [2.24, 2.45) is 0 Å². The Hall–Kier alpha value is -4.90. The van der Waals surface area contributed by atoms with E-state index >= 15 is 0 Å². The molecule has 7 aromatic rings. The van der Waals surface area contributed by atoms with Crippen LogP contribution in [-0.2, 0) is 5.41 Å². The zero-order valence-electron chi connectivity index (χ0n) is 27.4. The molecule has 1 nitrogen and oxygen atoms in total. The van der Waals surface area contributed by atoms with E-state index in [2.05, 4.69) is 176 Å². The number of para-hydroxylation sites is 1. The summed E-state index contributed by atoms with van der Waals surface area (Å²) >= 11 is 3.99. The van der Waals surface area contributed by atoms with Crippen LogP contribution in [0, 0.1) is 0 Å². The van der Waals surface area contributed by atoms with E-state index in [1.54, 1.807) is 0 Å². The summed E-state index contributed by atoms with van der Waals surface area (Å²) in [6, 6.07) is 58.6. The molecule has 0 aromatic heterocycles. The topological polar surface area (TPSA) is 3.24 Å². The van der Waals surface area contributed by atoms with Crippen LogP contribution in [0.3, 0.4) is 0 Å². The first-order valence-electron chi connectivity index (χ1n) is 16.9. The van der Waals surface area contributed by atoms with Gasteiger partial charge in [-0.15, -0.1) is 0 Å². The van der Waals surface area contributed by atoms with Gasteiger partial charge in [-0.1, -0.05) is 123 Å². The van der Waals surface area contributed by atoms with Crippen molar-refractivity contribution in [2.75, 3.05) is 4.90 Å². The van der Waals surface area contributed by atoms with Crippen LogP contribution in [0.5, 0.6) is 0 Å². The van der Waals surface area contributed by atoms with Crippen molar-refractivity contribution in [2.45, 2.75) is 29.1 Å². The molecule has 232 valence electrons. The maximum Gasteiger partial charge on any atom is 0.318 e. The Morgan fingerprint density at radius 3 is 1.71 bits per heavy atom. The highest BCUT2D eigenvalue weighted by Crippen LogP contribution is 2.55. The van der Waals surface area contributed by atoms with Crippen LogP contribution in [0.2, 0.25) is 0 Å². The van der Waals surface area contributed by atoms with Crippen molar-refractivity contribution in [1.29, 1.82) is 0 Å². The van der Waals surface area contributed by atoms with Gasteiger partial charge in [0.2, 0.25) is 0 Å². The van der Waals surface area contributed by atoms with Crippen molar-refractivity contribution in [3.8, 4) is 44.5 Å². The van der Waals surface area contributed by atoms with Crippen LogP contribution in [0.1, 0.15) is 25.0 Å². The van der Waals surface area contributed by atoms with Crippen LogP contribution in [0.4, 0.5) is 17.1 Å². The number of hydrogen-bond donors (Lipinski definition) is 0. The molecule has 10 rings (SSSR count). The monoisotopic (exact) mass is 661 g/mol. The summed E-state index contributed by atoms with van der Waals surface area (Å²) in [6.45, 7) is 4.77. The number of benzene rings is 7. The van der Waals surface area contributed by atoms with Crippen molar-refractivity contribution < 1.29 is 0 Å². The summed E-state index contributed by atoms with van der Waals surface area (Å²) in [4.78, 5) is 5.25. The predicted octanol–water partition coefficient (Wildman–Crippen LogP) is 12.4. The van der Waals surface area contributed by atoms with Gasteiger partial charge in [0.15, 0.2) is 0 Å². The van der Waals surface area contributed by atoms with E-state index in [4.69, 9.17) is 0 Å². The maximum absolute atomic E-state index is 2.53. The Labute approximate surface area is 296 Å². The SMILES string of the molecule is CC1(C)c2ccccc2N(c2cc3c4c(c2)-c2ccccc2SB4Sc2ccccc2-3)c2ccc(-c3cccc(-c4ccccc4)c3)cc21. The molecule has 3 aliphatic heterocycles. The molecule has 0 radical (unpaired) electrons. The maximum atomic E-state index is 2.53. The molecule has 0 atom stereocenters. The first-order chi connectivity index (χ1) is 24.0. The van der Waals surface area contributed by atoms with Gasteiger partial charge in [0.1, 0.15) is 0 Å². The first kappa shape index (κ1) is 29.1. The average molecular weight is 662 g/mol.